The van der Waals surface area contributed by atoms with Crippen molar-refractivity contribution in [1.29, 1.82) is 0 Å². The maximum absolute atomic E-state index is 11.5. The van der Waals surface area contributed by atoms with E-state index in [1.807, 2.05) is 0 Å². The molecule has 0 fully saturated rings. The third-order valence-corrected chi connectivity index (χ3v) is 2.15. The Hall–Kier alpha value is -1.75. The molecule has 0 aromatic heterocycles. The Bertz CT molecular complexity index is 390. The second-order valence-electron chi connectivity index (χ2n) is 3.10. The molecule has 0 spiro atoms. The zero-order valence-electron chi connectivity index (χ0n) is 8.48. The van der Waals surface area contributed by atoms with Gasteiger partial charge in [0.2, 0.25) is 0 Å². The molecule has 0 radical (unpaired) electrons. The van der Waals surface area contributed by atoms with E-state index in [0.717, 1.165) is 0 Å². The fourth-order valence-corrected chi connectivity index (χ4v) is 1.18. The van der Waals surface area contributed by atoms with Gasteiger partial charge < -0.3 is 16.3 Å². The predicted octanol–water partition coefficient (Wildman–Crippen LogP) is 1.21. The van der Waals surface area contributed by atoms with Gasteiger partial charge in [-0.1, -0.05) is 16.8 Å². The number of nitrogens with two attached hydrogens (primary N) is 1. The van der Waals surface area contributed by atoms with Crippen LogP contribution < -0.4 is 11.1 Å². The molecule has 1 aromatic rings. The topological polar surface area (TPSA) is 87.7 Å². The van der Waals surface area contributed by atoms with Gasteiger partial charge >= 0.3 is 0 Å². The van der Waals surface area contributed by atoms with Gasteiger partial charge in [-0.25, -0.2) is 0 Å². The molecule has 0 heterocycles. The molecule has 0 atom stereocenters. The number of rotatable bonds is 4. The third-order valence-electron chi connectivity index (χ3n) is 1.90. The van der Waals surface area contributed by atoms with Gasteiger partial charge in [0.05, 0.1) is 0 Å². The van der Waals surface area contributed by atoms with Gasteiger partial charge in [0, 0.05) is 23.6 Å². The van der Waals surface area contributed by atoms with Gasteiger partial charge in [-0.2, -0.15) is 0 Å². The molecule has 0 unspecified atom stereocenters. The van der Waals surface area contributed by atoms with Crippen LogP contribution in [0.4, 0.5) is 0 Å². The Balaban J connectivity index is 2.44. The summed E-state index contributed by atoms with van der Waals surface area (Å²) in [5.41, 5.74) is 5.77. The molecule has 4 N–H and O–H groups in total. The summed E-state index contributed by atoms with van der Waals surface area (Å²) in [6.45, 7) is 0.317. The summed E-state index contributed by atoms with van der Waals surface area (Å²) >= 11 is 5.69. The highest BCUT2D eigenvalue weighted by Crippen LogP contribution is 2.09. The minimum Gasteiger partial charge on any atom is -0.409 e. The van der Waals surface area contributed by atoms with Crippen molar-refractivity contribution in [2.24, 2.45) is 10.9 Å². The van der Waals surface area contributed by atoms with Gasteiger partial charge in [-0.3, -0.25) is 4.79 Å². The van der Waals surface area contributed by atoms with Crippen LogP contribution >= 0.6 is 11.6 Å². The van der Waals surface area contributed by atoms with E-state index in [-0.39, 0.29) is 11.7 Å². The van der Waals surface area contributed by atoms with Crippen molar-refractivity contribution < 1.29 is 10.0 Å². The summed E-state index contributed by atoms with van der Waals surface area (Å²) in [5.74, 6) is -0.140. The standard InChI is InChI=1S/C10H12ClN3O2/c11-8-3-1-7(2-4-8)10(15)13-6-5-9(12)14-16/h1-4,16H,5-6H2,(H2,12,14)(H,13,15). The molecule has 1 rings (SSSR count). The third kappa shape index (κ3) is 3.78. The molecule has 5 nitrogen and oxygen atoms in total. The highest BCUT2D eigenvalue weighted by Gasteiger charge is 2.04. The Morgan fingerprint density at radius 2 is 2.06 bits per heavy atom. The monoisotopic (exact) mass is 241 g/mol. The van der Waals surface area contributed by atoms with Crippen LogP contribution in [0.15, 0.2) is 29.4 Å². The van der Waals surface area contributed by atoms with E-state index in [2.05, 4.69) is 10.5 Å². The molecule has 0 saturated heterocycles. The van der Waals surface area contributed by atoms with Crippen molar-refractivity contribution in [1.82, 2.24) is 5.32 Å². The second kappa shape index (κ2) is 5.97. The molecule has 16 heavy (non-hydrogen) atoms. The van der Waals surface area contributed by atoms with E-state index >= 15 is 0 Å². The number of benzene rings is 1. The number of carbonyl (C=O) groups is 1. The Morgan fingerprint density at radius 1 is 1.44 bits per heavy atom. The van der Waals surface area contributed by atoms with Crippen LogP contribution in [0, 0.1) is 0 Å². The molecule has 0 aliphatic heterocycles. The molecular weight excluding hydrogens is 230 g/mol. The van der Waals surface area contributed by atoms with Crippen LogP contribution in [-0.4, -0.2) is 23.5 Å². The lowest BCUT2D eigenvalue weighted by Crippen LogP contribution is -2.27. The normalized spacial score (nSPS) is 11.2. The first-order valence-electron chi connectivity index (χ1n) is 4.63. The molecule has 1 aromatic carbocycles. The van der Waals surface area contributed by atoms with E-state index in [0.29, 0.717) is 23.6 Å². The minimum absolute atomic E-state index is 0.0800. The predicted molar refractivity (Wildman–Crippen MR) is 61.8 cm³/mol. The lowest BCUT2D eigenvalue weighted by Gasteiger charge is -2.04. The average molecular weight is 242 g/mol. The number of amides is 1. The molecule has 0 aliphatic rings. The van der Waals surface area contributed by atoms with E-state index in [9.17, 15) is 4.79 Å². The summed E-state index contributed by atoms with van der Waals surface area (Å²) in [4.78, 5) is 11.5. The Kier molecular flexibility index (Phi) is 4.60. The highest BCUT2D eigenvalue weighted by atomic mass is 35.5. The SMILES string of the molecule is NC(CCNC(=O)c1ccc(Cl)cc1)=NO. The van der Waals surface area contributed by atoms with Gasteiger partial charge in [-0.15, -0.1) is 0 Å². The molecule has 1 amide bonds. The fraction of sp³-hybridized carbons (Fsp3) is 0.200. The molecule has 0 aliphatic carbocycles. The molecule has 6 heteroatoms. The first kappa shape index (κ1) is 12.3. The number of halogens is 1. The number of amidine groups is 1. The van der Waals surface area contributed by atoms with E-state index in [1.165, 1.54) is 0 Å². The Labute approximate surface area is 97.9 Å². The van der Waals surface area contributed by atoms with Gasteiger partial charge in [-0.05, 0) is 24.3 Å². The number of nitrogens with zero attached hydrogens (tertiary/aromatic N) is 1. The quantitative estimate of drug-likeness (QED) is 0.320. The van der Waals surface area contributed by atoms with Crippen molar-refractivity contribution in [2.75, 3.05) is 6.54 Å². The molecule has 0 saturated carbocycles. The summed E-state index contributed by atoms with van der Waals surface area (Å²) in [5, 5.41) is 14.3. The summed E-state index contributed by atoms with van der Waals surface area (Å²) in [7, 11) is 0. The molecular formula is C10H12ClN3O2. The lowest BCUT2D eigenvalue weighted by atomic mass is 10.2. The van der Waals surface area contributed by atoms with Crippen LogP contribution in [0.2, 0.25) is 5.02 Å². The number of hydrogen-bond acceptors (Lipinski definition) is 3. The van der Waals surface area contributed by atoms with E-state index in [4.69, 9.17) is 22.5 Å². The molecule has 0 bridgehead atoms. The highest BCUT2D eigenvalue weighted by molar-refractivity contribution is 6.30. The first-order valence-corrected chi connectivity index (χ1v) is 5.01. The first-order chi connectivity index (χ1) is 7.63. The number of nitrogens with one attached hydrogen (secondary N) is 1. The van der Waals surface area contributed by atoms with Crippen molar-refractivity contribution in [3.63, 3.8) is 0 Å². The van der Waals surface area contributed by atoms with Crippen LogP contribution in [0.5, 0.6) is 0 Å². The second-order valence-corrected chi connectivity index (χ2v) is 3.54. The van der Waals surface area contributed by atoms with Crippen molar-refractivity contribution in [3.05, 3.63) is 34.9 Å². The van der Waals surface area contributed by atoms with Gasteiger partial charge in [0.15, 0.2) is 0 Å². The van der Waals surface area contributed by atoms with Crippen molar-refractivity contribution >= 4 is 23.3 Å². The summed E-state index contributed by atoms with van der Waals surface area (Å²) < 4.78 is 0. The smallest absolute Gasteiger partial charge is 0.251 e. The Morgan fingerprint density at radius 3 is 2.62 bits per heavy atom. The number of oxime groups is 1. The van der Waals surface area contributed by atoms with Gasteiger partial charge in [0.1, 0.15) is 5.84 Å². The van der Waals surface area contributed by atoms with Crippen molar-refractivity contribution in [2.45, 2.75) is 6.42 Å². The summed E-state index contributed by atoms with van der Waals surface area (Å²) in [6.07, 6.45) is 0.301. The van der Waals surface area contributed by atoms with Crippen molar-refractivity contribution in [3.8, 4) is 0 Å². The zero-order chi connectivity index (χ0) is 12.0. The number of carbonyl (C=O) groups excluding carboxylic acids is 1. The maximum atomic E-state index is 11.5. The van der Waals surface area contributed by atoms with Gasteiger partial charge in [0.25, 0.3) is 5.91 Å². The average Bonchev–Trinajstić information content (AvgIpc) is 2.29. The minimum atomic E-state index is -0.220. The lowest BCUT2D eigenvalue weighted by molar-refractivity contribution is 0.0954. The number of hydrogen-bond donors (Lipinski definition) is 3. The molecule has 86 valence electrons. The fourth-order valence-electron chi connectivity index (χ4n) is 1.06. The summed E-state index contributed by atoms with van der Waals surface area (Å²) in [6, 6.07) is 6.53. The van der Waals surface area contributed by atoms with Crippen LogP contribution in [0.25, 0.3) is 0 Å². The van der Waals surface area contributed by atoms with Crippen LogP contribution in [-0.2, 0) is 0 Å². The van der Waals surface area contributed by atoms with Crippen LogP contribution in [0.1, 0.15) is 16.8 Å². The zero-order valence-corrected chi connectivity index (χ0v) is 9.24. The largest absolute Gasteiger partial charge is 0.409 e. The van der Waals surface area contributed by atoms with E-state index < -0.39 is 0 Å². The van der Waals surface area contributed by atoms with Crippen LogP contribution in [0.3, 0.4) is 0 Å². The van der Waals surface area contributed by atoms with E-state index in [1.54, 1.807) is 24.3 Å². The maximum Gasteiger partial charge on any atom is 0.251 e.